The van der Waals surface area contributed by atoms with Crippen molar-refractivity contribution in [3.05, 3.63) is 0 Å². The normalized spacial score (nSPS) is 16.9. The van der Waals surface area contributed by atoms with Crippen molar-refractivity contribution in [3.8, 4) is 0 Å². The molecule has 0 aliphatic carbocycles. The number of nitrogens with zero attached hydrogens (tertiary/aromatic N) is 1. The summed E-state index contributed by atoms with van der Waals surface area (Å²) in [4.78, 5) is 23.8. The largest absolute Gasteiger partial charge is 0.355 e. The van der Waals surface area contributed by atoms with E-state index in [9.17, 15) is 9.59 Å². The van der Waals surface area contributed by atoms with E-state index >= 15 is 0 Å². The molecule has 1 saturated heterocycles. The van der Waals surface area contributed by atoms with Crippen molar-refractivity contribution >= 4 is 11.8 Å². The summed E-state index contributed by atoms with van der Waals surface area (Å²) in [5, 5.41) is 5.32. The Morgan fingerprint density at radius 3 is 2.47 bits per heavy atom. The number of carbonyl (C=O) groups is 2. The molecule has 0 saturated carbocycles. The molecule has 2 amide bonds. The second-order valence-electron chi connectivity index (χ2n) is 3.79. The van der Waals surface area contributed by atoms with Crippen LogP contribution in [0.1, 0.15) is 6.92 Å². The van der Waals surface area contributed by atoms with E-state index in [4.69, 9.17) is 5.73 Å². The molecule has 0 atom stereocenters. The summed E-state index contributed by atoms with van der Waals surface area (Å²) < 4.78 is 0. The standard InChI is InChI=1S/C9H18N4O2/c1-7(14)11-2-3-12-9(15)6-13-4-8(10)5-13/h8H,2-6,10H2,1H3,(H,11,14)(H,12,15). The van der Waals surface area contributed by atoms with Crippen LogP contribution in [0.3, 0.4) is 0 Å². The van der Waals surface area contributed by atoms with Gasteiger partial charge in [0, 0.05) is 39.1 Å². The summed E-state index contributed by atoms with van der Waals surface area (Å²) in [7, 11) is 0. The Morgan fingerprint density at radius 2 is 1.93 bits per heavy atom. The van der Waals surface area contributed by atoms with Gasteiger partial charge in [-0.05, 0) is 0 Å². The number of hydrogen-bond acceptors (Lipinski definition) is 4. The lowest BCUT2D eigenvalue weighted by Gasteiger charge is -2.36. The van der Waals surface area contributed by atoms with Crippen molar-refractivity contribution in [3.63, 3.8) is 0 Å². The topological polar surface area (TPSA) is 87.5 Å². The zero-order valence-electron chi connectivity index (χ0n) is 8.95. The van der Waals surface area contributed by atoms with Crippen LogP contribution in [0.25, 0.3) is 0 Å². The maximum atomic E-state index is 11.3. The quantitative estimate of drug-likeness (QED) is 0.457. The Morgan fingerprint density at radius 1 is 1.33 bits per heavy atom. The van der Waals surface area contributed by atoms with Crippen molar-refractivity contribution in [1.29, 1.82) is 0 Å². The van der Waals surface area contributed by atoms with Crippen LogP contribution in [0, 0.1) is 0 Å². The third-order valence-electron chi connectivity index (χ3n) is 2.17. The second-order valence-corrected chi connectivity index (χ2v) is 3.79. The van der Waals surface area contributed by atoms with Gasteiger partial charge in [-0.2, -0.15) is 0 Å². The Balaban J connectivity index is 1.97. The highest BCUT2D eigenvalue weighted by molar-refractivity contribution is 5.78. The van der Waals surface area contributed by atoms with Gasteiger partial charge >= 0.3 is 0 Å². The average molecular weight is 214 g/mol. The summed E-state index contributed by atoms with van der Waals surface area (Å²) in [6.45, 7) is 4.37. The third-order valence-corrected chi connectivity index (χ3v) is 2.17. The predicted molar refractivity (Wildman–Crippen MR) is 56.1 cm³/mol. The Bertz CT molecular complexity index is 238. The minimum atomic E-state index is -0.0852. The molecule has 0 radical (unpaired) electrons. The van der Waals surface area contributed by atoms with E-state index in [1.54, 1.807) is 0 Å². The molecule has 0 aromatic heterocycles. The molecule has 1 fully saturated rings. The van der Waals surface area contributed by atoms with E-state index in [2.05, 4.69) is 10.6 Å². The minimum absolute atomic E-state index is 0.0211. The monoisotopic (exact) mass is 214 g/mol. The Hall–Kier alpha value is -1.14. The van der Waals surface area contributed by atoms with Gasteiger partial charge in [-0.15, -0.1) is 0 Å². The van der Waals surface area contributed by atoms with Gasteiger partial charge in [0.2, 0.25) is 11.8 Å². The summed E-state index contributed by atoms with van der Waals surface area (Å²) in [5.74, 6) is -0.106. The van der Waals surface area contributed by atoms with Gasteiger partial charge in [0.15, 0.2) is 0 Å². The summed E-state index contributed by atoms with van der Waals surface area (Å²) in [5.41, 5.74) is 5.58. The highest BCUT2D eigenvalue weighted by Gasteiger charge is 2.24. The Kier molecular flexibility index (Phi) is 4.51. The molecule has 0 spiro atoms. The summed E-state index contributed by atoms with van der Waals surface area (Å²) >= 11 is 0. The smallest absolute Gasteiger partial charge is 0.234 e. The van der Waals surface area contributed by atoms with Crippen molar-refractivity contribution in [2.45, 2.75) is 13.0 Å². The minimum Gasteiger partial charge on any atom is -0.355 e. The molecule has 15 heavy (non-hydrogen) atoms. The lowest BCUT2D eigenvalue weighted by Crippen LogP contribution is -2.58. The molecular weight excluding hydrogens is 196 g/mol. The maximum absolute atomic E-state index is 11.3. The molecule has 1 aliphatic heterocycles. The number of amides is 2. The number of rotatable bonds is 5. The Labute approximate surface area is 89.2 Å². The zero-order chi connectivity index (χ0) is 11.3. The molecule has 1 heterocycles. The second kappa shape index (κ2) is 5.67. The fourth-order valence-electron chi connectivity index (χ4n) is 1.44. The van der Waals surface area contributed by atoms with Crippen molar-refractivity contribution in [2.24, 2.45) is 5.73 Å². The van der Waals surface area contributed by atoms with Crippen LogP contribution in [0.5, 0.6) is 0 Å². The molecule has 1 aliphatic rings. The lowest BCUT2D eigenvalue weighted by atomic mass is 10.1. The highest BCUT2D eigenvalue weighted by atomic mass is 16.2. The van der Waals surface area contributed by atoms with Crippen LogP contribution in [-0.2, 0) is 9.59 Å². The van der Waals surface area contributed by atoms with E-state index in [1.807, 2.05) is 4.90 Å². The molecule has 86 valence electrons. The van der Waals surface area contributed by atoms with Gasteiger partial charge in [0.25, 0.3) is 0 Å². The van der Waals surface area contributed by atoms with Gasteiger partial charge in [-0.25, -0.2) is 0 Å². The van der Waals surface area contributed by atoms with Crippen molar-refractivity contribution in [2.75, 3.05) is 32.7 Å². The van der Waals surface area contributed by atoms with Crippen molar-refractivity contribution in [1.82, 2.24) is 15.5 Å². The van der Waals surface area contributed by atoms with Gasteiger partial charge in [-0.3, -0.25) is 14.5 Å². The molecule has 6 nitrogen and oxygen atoms in total. The zero-order valence-corrected chi connectivity index (χ0v) is 8.95. The first kappa shape index (κ1) is 11.9. The van der Waals surface area contributed by atoms with Crippen molar-refractivity contribution < 1.29 is 9.59 Å². The number of likely N-dealkylation sites (tertiary alicyclic amines) is 1. The first-order valence-corrected chi connectivity index (χ1v) is 5.07. The molecule has 0 aromatic carbocycles. The molecule has 1 rings (SSSR count). The molecule has 4 N–H and O–H groups in total. The molecular formula is C9H18N4O2. The molecule has 0 aromatic rings. The molecule has 0 bridgehead atoms. The molecule has 0 unspecified atom stereocenters. The maximum Gasteiger partial charge on any atom is 0.234 e. The van der Waals surface area contributed by atoms with Crippen LogP contribution in [0.4, 0.5) is 0 Å². The molecule has 6 heteroatoms. The van der Waals surface area contributed by atoms with Gasteiger partial charge in [-0.1, -0.05) is 0 Å². The van der Waals surface area contributed by atoms with E-state index in [0.717, 1.165) is 13.1 Å². The third kappa shape index (κ3) is 4.75. The lowest BCUT2D eigenvalue weighted by molar-refractivity contribution is -0.123. The van der Waals surface area contributed by atoms with Gasteiger partial charge < -0.3 is 16.4 Å². The number of carbonyl (C=O) groups excluding carboxylic acids is 2. The number of nitrogens with two attached hydrogens (primary N) is 1. The van der Waals surface area contributed by atoms with Crippen LogP contribution < -0.4 is 16.4 Å². The van der Waals surface area contributed by atoms with Crippen LogP contribution >= 0.6 is 0 Å². The van der Waals surface area contributed by atoms with E-state index < -0.39 is 0 Å². The number of nitrogens with one attached hydrogen (secondary N) is 2. The van der Waals surface area contributed by atoms with E-state index in [0.29, 0.717) is 19.6 Å². The summed E-state index contributed by atoms with van der Waals surface area (Å²) in [6, 6.07) is 0.220. The van der Waals surface area contributed by atoms with Gasteiger partial charge in [0.1, 0.15) is 0 Å². The SMILES string of the molecule is CC(=O)NCCNC(=O)CN1CC(N)C1. The number of hydrogen-bond donors (Lipinski definition) is 3. The van der Waals surface area contributed by atoms with E-state index in [1.165, 1.54) is 6.92 Å². The predicted octanol–water partition coefficient (Wildman–Crippen LogP) is -2.12. The first-order chi connectivity index (χ1) is 7.08. The first-order valence-electron chi connectivity index (χ1n) is 5.07. The van der Waals surface area contributed by atoms with Crippen LogP contribution in [0.15, 0.2) is 0 Å². The highest BCUT2D eigenvalue weighted by Crippen LogP contribution is 2.02. The average Bonchev–Trinajstić information content (AvgIpc) is 2.10. The fraction of sp³-hybridized carbons (Fsp3) is 0.778. The van der Waals surface area contributed by atoms with Gasteiger partial charge in [0.05, 0.1) is 6.54 Å². The van der Waals surface area contributed by atoms with Crippen LogP contribution in [-0.4, -0.2) is 55.5 Å². The van der Waals surface area contributed by atoms with Crippen LogP contribution in [0.2, 0.25) is 0 Å². The fourth-order valence-corrected chi connectivity index (χ4v) is 1.44. The summed E-state index contributed by atoms with van der Waals surface area (Å²) in [6.07, 6.45) is 0. The van der Waals surface area contributed by atoms with E-state index in [-0.39, 0.29) is 17.9 Å².